The van der Waals surface area contributed by atoms with Crippen molar-refractivity contribution < 1.29 is 4.39 Å². The zero-order valence-electron chi connectivity index (χ0n) is 11.4. The molecule has 0 spiro atoms. The molecule has 1 fully saturated rings. The lowest BCUT2D eigenvalue weighted by molar-refractivity contribution is 0.0940. The molecule has 0 bridgehead atoms. The number of hydrogen-bond acceptors (Lipinski definition) is 2. The molecule has 1 N–H and O–H groups in total. The minimum atomic E-state index is -0.632. The second kappa shape index (κ2) is 5.46. The SMILES string of the molecule is CC(C)N(CCC1CC(F)CN1)C(C)(C)C. The van der Waals surface area contributed by atoms with E-state index in [0.29, 0.717) is 25.0 Å². The van der Waals surface area contributed by atoms with E-state index in [2.05, 4.69) is 44.8 Å². The Bertz CT molecular complexity index is 210. The van der Waals surface area contributed by atoms with Crippen LogP contribution in [-0.2, 0) is 0 Å². The molecule has 2 unspecified atom stereocenters. The zero-order valence-corrected chi connectivity index (χ0v) is 11.4. The Labute approximate surface area is 99.6 Å². The maximum absolute atomic E-state index is 13.0. The van der Waals surface area contributed by atoms with Gasteiger partial charge in [-0.15, -0.1) is 0 Å². The van der Waals surface area contributed by atoms with Gasteiger partial charge in [0.1, 0.15) is 6.17 Å². The Hall–Kier alpha value is -0.150. The molecule has 0 saturated carbocycles. The van der Waals surface area contributed by atoms with Gasteiger partial charge in [-0.25, -0.2) is 4.39 Å². The van der Waals surface area contributed by atoms with Gasteiger partial charge in [-0.1, -0.05) is 0 Å². The highest BCUT2D eigenvalue weighted by molar-refractivity contribution is 4.85. The fourth-order valence-electron chi connectivity index (χ4n) is 2.65. The summed E-state index contributed by atoms with van der Waals surface area (Å²) in [5.41, 5.74) is 0.196. The molecule has 0 aromatic carbocycles. The van der Waals surface area contributed by atoms with Crippen LogP contribution < -0.4 is 5.32 Å². The Morgan fingerprint density at radius 2 is 2.00 bits per heavy atom. The third kappa shape index (κ3) is 4.02. The predicted octanol–water partition coefficient (Wildman–Crippen LogP) is 2.59. The average molecular weight is 230 g/mol. The molecule has 1 rings (SSSR count). The lowest BCUT2D eigenvalue weighted by Crippen LogP contribution is -2.47. The summed E-state index contributed by atoms with van der Waals surface area (Å²) in [5, 5.41) is 3.25. The van der Waals surface area contributed by atoms with Crippen molar-refractivity contribution in [3.05, 3.63) is 0 Å². The van der Waals surface area contributed by atoms with E-state index in [0.717, 1.165) is 13.0 Å². The largest absolute Gasteiger partial charge is 0.311 e. The first-order valence-electron chi connectivity index (χ1n) is 6.45. The van der Waals surface area contributed by atoms with E-state index in [4.69, 9.17) is 0 Å². The highest BCUT2D eigenvalue weighted by atomic mass is 19.1. The van der Waals surface area contributed by atoms with Crippen molar-refractivity contribution in [2.75, 3.05) is 13.1 Å². The third-order valence-electron chi connectivity index (χ3n) is 3.37. The van der Waals surface area contributed by atoms with E-state index in [9.17, 15) is 4.39 Å². The highest BCUT2D eigenvalue weighted by Crippen LogP contribution is 2.20. The molecule has 2 atom stereocenters. The Morgan fingerprint density at radius 3 is 2.38 bits per heavy atom. The summed E-state index contributed by atoms with van der Waals surface area (Å²) in [4.78, 5) is 2.49. The van der Waals surface area contributed by atoms with Crippen molar-refractivity contribution in [3.63, 3.8) is 0 Å². The van der Waals surface area contributed by atoms with E-state index in [-0.39, 0.29) is 5.54 Å². The van der Waals surface area contributed by atoms with Crippen molar-refractivity contribution in [2.24, 2.45) is 0 Å². The lowest BCUT2D eigenvalue weighted by atomic mass is 10.0. The van der Waals surface area contributed by atoms with Gasteiger partial charge in [-0.2, -0.15) is 0 Å². The summed E-state index contributed by atoms with van der Waals surface area (Å²) in [6.45, 7) is 12.8. The van der Waals surface area contributed by atoms with Gasteiger partial charge in [-0.3, -0.25) is 4.90 Å². The van der Waals surface area contributed by atoms with Crippen LogP contribution in [0.15, 0.2) is 0 Å². The summed E-state index contributed by atoms with van der Waals surface area (Å²) < 4.78 is 13.0. The van der Waals surface area contributed by atoms with Crippen molar-refractivity contribution in [2.45, 2.75) is 71.3 Å². The van der Waals surface area contributed by atoms with Crippen molar-refractivity contribution in [1.82, 2.24) is 10.2 Å². The molecular formula is C13H27FN2. The lowest BCUT2D eigenvalue weighted by Gasteiger charge is -2.39. The van der Waals surface area contributed by atoms with Gasteiger partial charge in [0.25, 0.3) is 0 Å². The first-order valence-corrected chi connectivity index (χ1v) is 6.45. The van der Waals surface area contributed by atoms with E-state index in [1.165, 1.54) is 0 Å². The van der Waals surface area contributed by atoms with Gasteiger partial charge >= 0.3 is 0 Å². The molecule has 1 heterocycles. The van der Waals surface area contributed by atoms with Crippen molar-refractivity contribution in [1.29, 1.82) is 0 Å². The van der Waals surface area contributed by atoms with Gasteiger partial charge < -0.3 is 5.32 Å². The normalized spacial score (nSPS) is 27.0. The summed E-state index contributed by atoms with van der Waals surface area (Å²) in [7, 11) is 0. The Morgan fingerprint density at radius 1 is 1.38 bits per heavy atom. The van der Waals surface area contributed by atoms with Gasteiger partial charge in [0, 0.05) is 30.7 Å². The summed E-state index contributed by atoms with van der Waals surface area (Å²) >= 11 is 0. The predicted molar refractivity (Wildman–Crippen MR) is 67.5 cm³/mol. The number of halogens is 1. The van der Waals surface area contributed by atoms with Crippen LogP contribution in [0.2, 0.25) is 0 Å². The number of nitrogens with one attached hydrogen (secondary N) is 1. The Balaban J connectivity index is 2.39. The molecule has 2 nitrogen and oxygen atoms in total. The summed E-state index contributed by atoms with van der Waals surface area (Å²) in [6, 6.07) is 0.918. The first-order chi connectivity index (χ1) is 7.30. The number of alkyl halides is 1. The second-order valence-corrected chi connectivity index (χ2v) is 6.18. The van der Waals surface area contributed by atoms with Crippen LogP contribution in [0.3, 0.4) is 0 Å². The van der Waals surface area contributed by atoms with Crippen LogP contribution in [0.4, 0.5) is 4.39 Å². The highest BCUT2D eigenvalue weighted by Gasteiger charge is 2.27. The standard InChI is InChI=1S/C13H27FN2/c1-10(2)16(13(3,4)5)7-6-12-8-11(14)9-15-12/h10-12,15H,6-9H2,1-5H3. The molecule has 1 aliphatic rings. The number of rotatable bonds is 4. The third-order valence-corrected chi connectivity index (χ3v) is 3.37. The first kappa shape index (κ1) is 13.9. The molecule has 0 aromatic rings. The van der Waals surface area contributed by atoms with Gasteiger partial charge in [0.2, 0.25) is 0 Å². The second-order valence-electron chi connectivity index (χ2n) is 6.18. The van der Waals surface area contributed by atoms with Crippen LogP contribution >= 0.6 is 0 Å². The smallest absolute Gasteiger partial charge is 0.114 e. The van der Waals surface area contributed by atoms with Crippen molar-refractivity contribution >= 4 is 0 Å². The molecule has 96 valence electrons. The monoisotopic (exact) mass is 230 g/mol. The van der Waals surface area contributed by atoms with Crippen LogP contribution in [-0.4, -0.2) is 41.8 Å². The fraction of sp³-hybridized carbons (Fsp3) is 1.00. The molecule has 16 heavy (non-hydrogen) atoms. The molecule has 0 radical (unpaired) electrons. The average Bonchev–Trinajstić information content (AvgIpc) is 2.48. The molecule has 3 heteroatoms. The van der Waals surface area contributed by atoms with Gasteiger partial charge in [0.15, 0.2) is 0 Å². The van der Waals surface area contributed by atoms with Gasteiger partial charge in [-0.05, 0) is 47.5 Å². The minimum absolute atomic E-state index is 0.196. The molecule has 1 aliphatic heterocycles. The summed E-state index contributed by atoms with van der Waals surface area (Å²) in [5.74, 6) is 0. The van der Waals surface area contributed by atoms with Crippen molar-refractivity contribution in [3.8, 4) is 0 Å². The van der Waals surface area contributed by atoms with Crippen LogP contribution in [0.25, 0.3) is 0 Å². The molecule has 0 aliphatic carbocycles. The molecule has 1 saturated heterocycles. The fourth-order valence-corrected chi connectivity index (χ4v) is 2.65. The molecular weight excluding hydrogens is 203 g/mol. The van der Waals surface area contributed by atoms with Gasteiger partial charge in [0.05, 0.1) is 0 Å². The minimum Gasteiger partial charge on any atom is -0.311 e. The number of nitrogens with zero attached hydrogens (tertiary/aromatic N) is 1. The zero-order chi connectivity index (χ0) is 12.3. The quantitative estimate of drug-likeness (QED) is 0.798. The van der Waals surface area contributed by atoms with E-state index < -0.39 is 6.17 Å². The molecule has 0 amide bonds. The van der Waals surface area contributed by atoms with E-state index in [1.807, 2.05) is 0 Å². The van der Waals surface area contributed by atoms with E-state index >= 15 is 0 Å². The molecule has 0 aromatic heterocycles. The number of hydrogen-bond donors (Lipinski definition) is 1. The summed E-state index contributed by atoms with van der Waals surface area (Å²) in [6.07, 6.45) is 1.11. The maximum atomic E-state index is 13.0. The maximum Gasteiger partial charge on any atom is 0.114 e. The van der Waals surface area contributed by atoms with Crippen LogP contribution in [0.1, 0.15) is 47.5 Å². The topological polar surface area (TPSA) is 15.3 Å². The van der Waals surface area contributed by atoms with E-state index in [1.54, 1.807) is 0 Å². The Kier molecular flexibility index (Phi) is 4.74. The van der Waals surface area contributed by atoms with Crippen LogP contribution in [0, 0.1) is 0 Å². The van der Waals surface area contributed by atoms with Crippen LogP contribution in [0.5, 0.6) is 0 Å².